The van der Waals surface area contributed by atoms with Crippen LogP contribution in [-0.2, 0) is 0 Å². The summed E-state index contributed by atoms with van der Waals surface area (Å²) >= 11 is 15.9. The van der Waals surface area contributed by atoms with Crippen molar-refractivity contribution in [2.24, 2.45) is 0 Å². The van der Waals surface area contributed by atoms with Gasteiger partial charge in [-0.2, -0.15) is 0 Å². The summed E-state index contributed by atoms with van der Waals surface area (Å²) in [5.74, 6) is 2.35. The van der Waals surface area contributed by atoms with E-state index in [9.17, 15) is 0 Å². The molecule has 0 nitrogen and oxygen atoms in total. The molecule has 0 aromatic heterocycles. The molecule has 1 aromatic carbocycles. The van der Waals surface area contributed by atoms with Gasteiger partial charge >= 0.3 is 0 Å². The predicted octanol–water partition coefficient (Wildman–Crippen LogP) is 6.27. The molecule has 0 saturated carbocycles. The van der Waals surface area contributed by atoms with Crippen LogP contribution in [0.4, 0.5) is 0 Å². The van der Waals surface area contributed by atoms with Gasteiger partial charge in [-0.05, 0) is 44.0 Å². The summed E-state index contributed by atoms with van der Waals surface area (Å²) in [5.41, 5.74) is 0. The molecule has 16 heavy (non-hydrogen) atoms. The maximum atomic E-state index is 3.57. The van der Waals surface area contributed by atoms with Crippen molar-refractivity contribution in [1.82, 2.24) is 0 Å². The van der Waals surface area contributed by atoms with Crippen LogP contribution in [0.5, 0.6) is 0 Å². The van der Waals surface area contributed by atoms with Crippen molar-refractivity contribution in [3.05, 3.63) is 21.1 Å². The van der Waals surface area contributed by atoms with Gasteiger partial charge in [0.05, 0.1) is 0 Å². The Morgan fingerprint density at radius 1 is 0.875 bits per heavy atom. The molecular formula is C10H10Br2I2S2. The van der Waals surface area contributed by atoms with Gasteiger partial charge in [-0.15, -0.1) is 23.5 Å². The number of alkyl halides is 2. The molecule has 0 unspecified atom stereocenters. The Morgan fingerprint density at radius 3 is 1.56 bits per heavy atom. The van der Waals surface area contributed by atoms with Crippen LogP contribution >= 0.6 is 101 Å². The standard InChI is InChI=1S/C10H10Br2I2S2/c11-7-5-9(15-3-1-13)10(6-8(7)12)16-4-2-14/h5-6H,1-4H2. The topological polar surface area (TPSA) is 0 Å². The van der Waals surface area contributed by atoms with Gasteiger partial charge in [0, 0.05) is 39.1 Å². The molecule has 0 spiro atoms. The number of benzene rings is 1. The summed E-state index contributed by atoms with van der Waals surface area (Å²) in [6.07, 6.45) is 0. The summed E-state index contributed by atoms with van der Waals surface area (Å²) in [7, 11) is 0. The number of rotatable bonds is 6. The lowest BCUT2D eigenvalue weighted by Crippen LogP contribution is -1.87. The molecule has 0 saturated heterocycles. The van der Waals surface area contributed by atoms with Gasteiger partial charge in [0.15, 0.2) is 0 Å². The van der Waals surface area contributed by atoms with Gasteiger partial charge in [-0.25, -0.2) is 0 Å². The van der Waals surface area contributed by atoms with E-state index in [1.165, 1.54) is 30.2 Å². The molecule has 0 N–H and O–H groups in total. The lowest BCUT2D eigenvalue weighted by atomic mass is 10.4. The largest absolute Gasteiger partial charge is 0.124 e. The summed E-state index contributed by atoms with van der Waals surface area (Å²) in [4.78, 5) is 2.78. The number of hydrogen-bond donors (Lipinski definition) is 0. The van der Waals surface area contributed by atoms with Crippen molar-refractivity contribution in [3.63, 3.8) is 0 Å². The molecule has 0 amide bonds. The fourth-order valence-corrected chi connectivity index (χ4v) is 5.10. The molecule has 0 radical (unpaired) electrons. The third kappa shape index (κ3) is 5.54. The second-order valence-corrected chi connectivity index (χ2v) is 8.93. The predicted molar refractivity (Wildman–Crippen MR) is 101 cm³/mol. The van der Waals surface area contributed by atoms with E-state index in [0.29, 0.717) is 0 Å². The summed E-state index contributed by atoms with van der Waals surface area (Å²) < 4.78 is 4.66. The number of halogens is 4. The number of thioether (sulfide) groups is 2. The molecule has 0 heterocycles. The Labute approximate surface area is 149 Å². The fourth-order valence-electron chi connectivity index (χ4n) is 1.03. The van der Waals surface area contributed by atoms with Gasteiger partial charge in [0.25, 0.3) is 0 Å². The van der Waals surface area contributed by atoms with E-state index in [1.807, 2.05) is 23.5 Å². The molecule has 0 aliphatic rings. The monoisotopic (exact) mass is 606 g/mol. The van der Waals surface area contributed by atoms with Crippen LogP contribution in [0, 0.1) is 0 Å². The lowest BCUT2D eigenvalue weighted by Gasteiger charge is -2.10. The van der Waals surface area contributed by atoms with E-state index in [2.05, 4.69) is 89.2 Å². The molecule has 1 aromatic rings. The average molecular weight is 608 g/mol. The van der Waals surface area contributed by atoms with E-state index in [0.717, 1.165) is 8.95 Å². The van der Waals surface area contributed by atoms with Crippen LogP contribution in [0.15, 0.2) is 30.9 Å². The normalized spacial score (nSPS) is 10.8. The molecule has 6 heteroatoms. The second-order valence-electron chi connectivity index (χ2n) is 2.79. The van der Waals surface area contributed by atoms with Crippen LogP contribution in [0.25, 0.3) is 0 Å². The highest BCUT2D eigenvalue weighted by atomic mass is 127. The van der Waals surface area contributed by atoms with Crippen LogP contribution in [0.2, 0.25) is 0 Å². The SMILES string of the molecule is Brc1cc(SCCI)c(SCCI)cc1Br. The van der Waals surface area contributed by atoms with E-state index in [4.69, 9.17) is 0 Å². The van der Waals surface area contributed by atoms with Gasteiger partial charge < -0.3 is 0 Å². The van der Waals surface area contributed by atoms with E-state index in [1.54, 1.807) is 0 Å². The minimum Gasteiger partial charge on any atom is -0.124 e. The molecular weight excluding hydrogens is 598 g/mol. The first-order valence-electron chi connectivity index (χ1n) is 4.55. The van der Waals surface area contributed by atoms with Crippen LogP contribution in [-0.4, -0.2) is 20.4 Å². The first-order valence-corrected chi connectivity index (χ1v) is 11.2. The van der Waals surface area contributed by atoms with E-state index in [-0.39, 0.29) is 0 Å². The van der Waals surface area contributed by atoms with Crippen molar-refractivity contribution in [1.29, 1.82) is 0 Å². The first-order chi connectivity index (χ1) is 7.69. The smallest absolute Gasteiger partial charge is 0.0329 e. The molecule has 0 aliphatic heterocycles. The van der Waals surface area contributed by atoms with Crippen molar-refractivity contribution in [2.45, 2.75) is 9.79 Å². The minimum atomic E-state index is 1.14. The van der Waals surface area contributed by atoms with Crippen molar-refractivity contribution < 1.29 is 0 Å². The van der Waals surface area contributed by atoms with Crippen LogP contribution < -0.4 is 0 Å². The second kappa shape index (κ2) is 9.28. The van der Waals surface area contributed by atoms with E-state index < -0.39 is 0 Å². The number of hydrogen-bond acceptors (Lipinski definition) is 2. The fraction of sp³-hybridized carbons (Fsp3) is 0.400. The molecule has 0 fully saturated rings. The highest BCUT2D eigenvalue weighted by Gasteiger charge is 2.07. The first kappa shape index (κ1) is 16.4. The Balaban J connectivity index is 2.87. The maximum absolute atomic E-state index is 3.57. The minimum absolute atomic E-state index is 1.14. The summed E-state index contributed by atoms with van der Waals surface area (Å²) in [5, 5.41) is 0. The van der Waals surface area contributed by atoms with Gasteiger partial charge in [-0.1, -0.05) is 45.2 Å². The van der Waals surface area contributed by atoms with Gasteiger partial charge in [0.1, 0.15) is 0 Å². The van der Waals surface area contributed by atoms with Crippen LogP contribution in [0.3, 0.4) is 0 Å². The van der Waals surface area contributed by atoms with E-state index >= 15 is 0 Å². The molecule has 0 atom stereocenters. The van der Waals surface area contributed by atoms with Gasteiger partial charge in [0.2, 0.25) is 0 Å². The zero-order valence-electron chi connectivity index (χ0n) is 8.31. The molecule has 90 valence electrons. The quantitative estimate of drug-likeness (QED) is 0.213. The zero-order valence-corrected chi connectivity index (χ0v) is 17.4. The third-order valence-electron chi connectivity index (χ3n) is 1.66. The third-order valence-corrected chi connectivity index (χ3v) is 8.29. The molecule has 0 bridgehead atoms. The van der Waals surface area contributed by atoms with Crippen LogP contribution in [0.1, 0.15) is 0 Å². The Morgan fingerprint density at radius 2 is 1.25 bits per heavy atom. The van der Waals surface area contributed by atoms with Gasteiger partial charge in [-0.3, -0.25) is 0 Å². The summed E-state index contributed by atoms with van der Waals surface area (Å²) in [6.45, 7) is 0. The maximum Gasteiger partial charge on any atom is 0.0329 e. The van der Waals surface area contributed by atoms with Crippen molar-refractivity contribution >= 4 is 101 Å². The molecule has 1 rings (SSSR count). The van der Waals surface area contributed by atoms with Crippen molar-refractivity contribution in [2.75, 3.05) is 20.4 Å². The zero-order chi connectivity index (χ0) is 12.0. The average Bonchev–Trinajstić information content (AvgIpc) is 2.28. The molecule has 0 aliphatic carbocycles. The summed E-state index contributed by atoms with van der Waals surface area (Å²) in [6, 6.07) is 4.44. The van der Waals surface area contributed by atoms with Crippen molar-refractivity contribution in [3.8, 4) is 0 Å². The highest BCUT2D eigenvalue weighted by molar-refractivity contribution is 14.1. The lowest BCUT2D eigenvalue weighted by molar-refractivity contribution is 1.22. The Bertz CT molecular complexity index is 315. The Hall–Kier alpha value is 2.34. The Kier molecular flexibility index (Phi) is 9.51. The highest BCUT2D eigenvalue weighted by Crippen LogP contribution is 2.37.